The van der Waals surface area contributed by atoms with Crippen molar-refractivity contribution < 1.29 is 28.2 Å². The molecular weight excluding hydrogens is 269 g/mol. The van der Waals surface area contributed by atoms with Crippen LogP contribution in [0.1, 0.15) is 10.4 Å². The van der Waals surface area contributed by atoms with Gasteiger partial charge in [-0.15, -0.1) is 0 Å². The highest BCUT2D eigenvalue weighted by Crippen LogP contribution is 2.08. The highest BCUT2D eigenvalue weighted by atomic mass is 19.1. The third kappa shape index (κ3) is 4.34. The van der Waals surface area contributed by atoms with Gasteiger partial charge >= 0.3 is 11.9 Å². The molecule has 0 bridgehead atoms. The summed E-state index contributed by atoms with van der Waals surface area (Å²) in [6, 6.07) is 4.94. The molecule has 0 N–H and O–H groups in total. The van der Waals surface area contributed by atoms with Crippen molar-refractivity contribution in [1.82, 2.24) is 4.90 Å². The van der Waals surface area contributed by atoms with E-state index in [9.17, 15) is 18.8 Å². The summed E-state index contributed by atoms with van der Waals surface area (Å²) in [5.74, 6) is -2.65. The Hall–Kier alpha value is -2.44. The van der Waals surface area contributed by atoms with E-state index in [0.29, 0.717) is 0 Å². The van der Waals surface area contributed by atoms with E-state index in [1.807, 2.05) is 0 Å². The summed E-state index contributed by atoms with van der Waals surface area (Å²) in [5.41, 5.74) is 0.0257. The summed E-state index contributed by atoms with van der Waals surface area (Å²) in [4.78, 5) is 35.6. The van der Waals surface area contributed by atoms with Crippen LogP contribution in [0, 0.1) is 5.82 Å². The van der Waals surface area contributed by atoms with Gasteiger partial charge in [-0.2, -0.15) is 0 Å². The van der Waals surface area contributed by atoms with E-state index in [1.54, 1.807) is 0 Å². The number of rotatable bonds is 5. The minimum absolute atomic E-state index is 0.0257. The van der Waals surface area contributed by atoms with Crippen molar-refractivity contribution in [2.75, 3.05) is 27.3 Å². The Kier molecular flexibility index (Phi) is 5.64. The molecule has 7 heteroatoms. The summed E-state index contributed by atoms with van der Waals surface area (Å²) < 4.78 is 22.0. The molecule has 0 unspecified atom stereocenters. The van der Waals surface area contributed by atoms with Crippen molar-refractivity contribution >= 4 is 17.8 Å². The quantitative estimate of drug-likeness (QED) is 0.740. The predicted molar refractivity (Wildman–Crippen MR) is 66.3 cm³/mol. The summed E-state index contributed by atoms with van der Waals surface area (Å²) in [6.45, 7) is -0.859. The van der Waals surface area contributed by atoms with Crippen molar-refractivity contribution in [1.29, 1.82) is 0 Å². The molecule has 0 aliphatic heterocycles. The van der Waals surface area contributed by atoms with Gasteiger partial charge in [0, 0.05) is 5.56 Å². The van der Waals surface area contributed by atoms with E-state index in [4.69, 9.17) is 0 Å². The predicted octanol–water partition coefficient (Wildman–Crippen LogP) is 0.614. The topological polar surface area (TPSA) is 72.9 Å². The molecule has 1 aromatic rings. The second kappa shape index (κ2) is 7.22. The smallest absolute Gasteiger partial charge is 0.325 e. The number of ether oxygens (including phenoxy) is 2. The molecule has 0 aliphatic rings. The first kappa shape index (κ1) is 15.6. The second-order valence-corrected chi connectivity index (χ2v) is 3.82. The van der Waals surface area contributed by atoms with Crippen LogP contribution >= 0.6 is 0 Å². The van der Waals surface area contributed by atoms with Crippen LogP contribution in [-0.2, 0) is 19.1 Å². The van der Waals surface area contributed by atoms with Crippen LogP contribution < -0.4 is 0 Å². The van der Waals surface area contributed by atoms with E-state index < -0.39 is 36.8 Å². The molecule has 0 atom stereocenters. The van der Waals surface area contributed by atoms with Gasteiger partial charge in [-0.05, 0) is 18.2 Å². The first-order valence-corrected chi connectivity index (χ1v) is 5.66. The van der Waals surface area contributed by atoms with Crippen LogP contribution in [0.4, 0.5) is 4.39 Å². The number of carbonyl (C=O) groups excluding carboxylic acids is 3. The number of nitrogens with zero attached hydrogens (tertiary/aromatic N) is 1. The molecule has 0 heterocycles. The Morgan fingerprint density at radius 3 is 2.10 bits per heavy atom. The number of amides is 1. The van der Waals surface area contributed by atoms with Gasteiger partial charge in [0.05, 0.1) is 14.2 Å². The molecule has 20 heavy (non-hydrogen) atoms. The van der Waals surface area contributed by atoms with E-state index in [2.05, 4.69) is 9.47 Å². The van der Waals surface area contributed by atoms with Gasteiger partial charge in [0.1, 0.15) is 18.9 Å². The number of hydrogen-bond donors (Lipinski definition) is 0. The molecule has 0 fully saturated rings. The summed E-state index contributed by atoms with van der Waals surface area (Å²) in [6.07, 6.45) is 0. The van der Waals surface area contributed by atoms with Crippen LogP contribution in [0.3, 0.4) is 0 Å². The molecule has 0 aromatic heterocycles. The molecule has 0 aliphatic carbocycles. The lowest BCUT2D eigenvalue weighted by atomic mass is 10.2. The van der Waals surface area contributed by atoms with E-state index in [0.717, 1.165) is 25.2 Å². The van der Waals surface area contributed by atoms with Crippen LogP contribution in [-0.4, -0.2) is 50.1 Å². The molecule has 0 saturated heterocycles. The molecule has 0 saturated carbocycles. The minimum Gasteiger partial charge on any atom is -0.468 e. The van der Waals surface area contributed by atoms with Gasteiger partial charge < -0.3 is 14.4 Å². The van der Waals surface area contributed by atoms with E-state index in [-0.39, 0.29) is 5.56 Å². The summed E-state index contributed by atoms with van der Waals surface area (Å²) >= 11 is 0. The SMILES string of the molecule is COC(=O)CN(CC(=O)OC)C(=O)c1cccc(F)c1. The maximum absolute atomic E-state index is 13.1. The zero-order valence-corrected chi connectivity index (χ0v) is 11.1. The van der Waals surface area contributed by atoms with Crippen LogP contribution in [0.5, 0.6) is 0 Å². The van der Waals surface area contributed by atoms with Crippen molar-refractivity contribution in [3.8, 4) is 0 Å². The molecule has 1 amide bonds. The zero-order chi connectivity index (χ0) is 15.1. The van der Waals surface area contributed by atoms with Gasteiger partial charge in [-0.3, -0.25) is 14.4 Å². The first-order chi connectivity index (χ1) is 9.47. The third-order valence-electron chi connectivity index (χ3n) is 2.45. The Morgan fingerprint density at radius 1 is 1.10 bits per heavy atom. The number of esters is 2. The molecule has 0 radical (unpaired) electrons. The average molecular weight is 283 g/mol. The van der Waals surface area contributed by atoms with Crippen molar-refractivity contribution in [2.45, 2.75) is 0 Å². The maximum atomic E-state index is 13.1. The zero-order valence-electron chi connectivity index (χ0n) is 11.1. The van der Waals surface area contributed by atoms with Crippen molar-refractivity contribution in [2.24, 2.45) is 0 Å². The fourth-order valence-corrected chi connectivity index (χ4v) is 1.44. The Balaban J connectivity index is 2.93. The van der Waals surface area contributed by atoms with Crippen LogP contribution in [0.15, 0.2) is 24.3 Å². The fourth-order valence-electron chi connectivity index (χ4n) is 1.44. The van der Waals surface area contributed by atoms with Gasteiger partial charge in [-0.1, -0.05) is 6.07 Å². The number of benzene rings is 1. The lowest BCUT2D eigenvalue weighted by Gasteiger charge is -2.20. The largest absolute Gasteiger partial charge is 0.468 e. The number of methoxy groups -OCH3 is 2. The Labute approximate surface area is 115 Å². The van der Waals surface area contributed by atoms with Crippen LogP contribution in [0.25, 0.3) is 0 Å². The average Bonchev–Trinajstić information content (AvgIpc) is 2.45. The molecule has 1 rings (SSSR count). The Bertz CT molecular complexity index is 499. The standard InChI is InChI=1S/C13H14FNO5/c1-19-11(16)7-15(8-12(17)20-2)13(18)9-4-3-5-10(14)6-9/h3-6H,7-8H2,1-2H3. The van der Waals surface area contributed by atoms with Gasteiger partial charge in [0.25, 0.3) is 5.91 Å². The third-order valence-corrected chi connectivity index (χ3v) is 2.45. The Morgan fingerprint density at radius 2 is 1.65 bits per heavy atom. The number of halogens is 1. The normalized spacial score (nSPS) is 9.75. The first-order valence-electron chi connectivity index (χ1n) is 5.66. The number of hydrogen-bond acceptors (Lipinski definition) is 5. The monoisotopic (exact) mass is 283 g/mol. The van der Waals surface area contributed by atoms with Crippen molar-refractivity contribution in [3.05, 3.63) is 35.6 Å². The second-order valence-electron chi connectivity index (χ2n) is 3.82. The molecule has 0 spiro atoms. The van der Waals surface area contributed by atoms with E-state index in [1.165, 1.54) is 18.2 Å². The maximum Gasteiger partial charge on any atom is 0.325 e. The minimum atomic E-state index is -0.696. The van der Waals surface area contributed by atoms with Gasteiger partial charge in [0.15, 0.2) is 0 Å². The highest BCUT2D eigenvalue weighted by Gasteiger charge is 2.22. The summed E-state index contributed by atoms with van der Waals surface area (Å²) in [5, 5.41) is 0. The van der Waals surface area contributed by atoms with Gasteiger partial charge in [-0.25, -0.2) is 4.39 Å². The summed E-state index contributed by atoms with van der Waals surface area (Å²) in [7, 11) is 2.32. The van der Waals surface area contributed by atoms with Gasteiger partial charge in [0.2, 0.25) is 0 Å². The fraction of sp³-hybridized carbons (Fsp3) is 0.308. The lowest BCUT2D eigenvalue weighted by molar-refractivity contribution is -0.144. The molecule has 1 aromatic carbocycles. The molecular formula is C13H14FNO5. The van der Waals surface area contributed by atoms with E-state index >= 15 is 0 Å². The number of carbonyl (C=O) groups is 3. The van der Waals surface area contributed by atoms with Crippen molar-refractivity contribution in [3.63, 3.8) is 0 Å². The molecule has 6 nitrogen and oxygen atoms in total. The lowest BCUT2D eigenvalue weighted by Crippen LogP contribution is -2.40. The highest BCUT2D eigenvalue weighted by molar-refractivity contribution is 5.97. The molecule has 108 valence electrons. The van der Waals surface area contributed by atoms with Crippen LogP contribution in [0.2, 0.25) is 0 Å².